The van der Waals surface area contributed by atoms with E-state index in [-0.39, 0.29) is 11.9 Å². The van der Waals surface area contributed by atoms with Gasteiger partial charge in [-0.15, -0.1) is 11.3 Å². The molecule has 0 radical (unpaired) electrons. The van der Waals surface area contributed by atoms with E-state index in [1.165, 1.54) is 21.4 Å². The van der Waals surface area contributed by atoms with Crippen molar-refractivity contribution in [2.75, 3.05) is 6.54 Å². The highest BCUT2D eigenvalue weighted by atomic mass is 79.9. The first kappa shape index (κ1) is 15.7. The lowest BCUT2D eigenvalue weighted by molar-refractivity contribution is 0.549. The van der Waals surface area contributed by atoms with Crippen LogP contribution in [0.15, 0.2) is 28.7 Å². The Balaban J connectivity index is 2.46. The molecule has 2 rings (SSSR count). The number of halogens is 2. The first-order valence-corrected chi connectivity index (χ1v) is 8.39. The van der Waals surface area contributed by atoms with Gasteiger partial charge in [0.05, 0.1) is 6.04 Å². The number of nitrogens with one attached hydrogen (secondary N) is 1. The first-order valence-electron chi connectivity index (χ1n) is 6.78. The Labute approximate surface area is 132 Å². The second-order valence-corrected chi connectivity index (χ2v) is 7.16. The third-order valence-corrected chi connectivity index (χ3v) is 4.92. The van der Waals surface area contributed by atoms with Crippen LogP contribution in [0.4, 0.5) is 4.39 Å². The Hall–Kier alpha value is -0.710. The van der Waals surface area contributed by atoms with Crippen LogP contribution in [0.5, 0.6) is 0 Å². The van der Waals surface area contributed by atoms with Crippen molar-refractivity contribution in [3.05, 3.63) is 55.4 Å². The van der Waals surface area contributed by atoms with E-state index in [9.17, 15) is 4.39 Å². The Morgan fingerprint density at radius 1 is 1.30 bits per heavy atom. The highest BCUT2D eigenvalue weighted by Crippen LogP contribution is 2.34. The standard InChI is InChI=1S/C16H19BrFNS/c1-4-7-19-15(16-10(2)8-11(3)20-16)13-9-12(17)5-6-14(13)18/h5-6,8-9,15,19H,4,7H2,1-3H3. The summed E-state index contributed by atoms with van der Waals surface area (Å²) < 4.78 is 15.1. The van der Waals surface area contributed by atoms with Gasteiger partial charge in [-0.05, 0) is 56.6 Å². The lowest BCUT2D eigenvalue weighted by Crippen LogP contribution is -2.24. The van der Waals surface area contributed by atoms with Gasteiger partial charge in [0.25, 0.3) is 0 Å². The molecule has 0 saturated carbocycles. The first-order chi connectivity index (χ1) is 9.52. The molecule has 2 aromatic rings. The molecule has 0 aliphatic rings. The Morgan fingerprint density at radius 2 is 2.05 bits per heavy atom. The number of hydrogen-bond donors (Lipinski definition) is 1. The van der Waals surface area contributed by atoms with Gasteiger partial charge < -0.3 is 5.32 Å². The lowest BCUT2D eigenvalue weighted by atomic mass is 10.0. The summed E-state index contributed by atoms with van der Waals surface area (Å²) in [6.45, 7) is 7.17. The number of aryl methyl sites for hydroxylation is 2. The van der Waals surface area contributed by atoms with Crippen LogP contribution in [0.1, 0.15) is 40.3 Å². The summed E-state index contributed by atoms with van der Waals surface area (Å²) in [7, 11) is 0. The van der Waals surface area contributed by atoms with Gasteiger partial charge in [0.1, 0.15) is 5.82 Å². The van der Waals surface area contributed by atoms with Crippen LogP contribution in [0.2, 0.25) is 0 Å². The summed E-state index contributed by atoms with van der Waals surface area (Å²) in [6.07, 6.45) is 1.02. The zero-order valence-electron chi connectivity index (χ0n) is 12.0. The fourth-order valence-corrected chi connectivity index (χ4v) is 3.82. The van der Waals surface area contributed by atoms with Gasteiger partial charge in [-0.2, -0.15) is 0 Å². The predicted molar refractivity (Wildman–Crippen MR) is 88.0 cm³/mol. The van der Waals surface area contributed by atoms with E-state index in [2.05, 4.69) is 48.1 Å². The minimum Gasteiger partial charge on any atom is -0.305 e. The van der Waals surface area contributed by atoms with Gasteiger partial charge in [0, 0.05) is 19.8 Å². The van der Waals surface area contributed by atoms with Crippen LogP contribution in [-0.2, 0) is 0 Å². The summed E-state index contributed by atoms with van der Waals surface area (Å²) in [4.78, 5) is 2.46. The van der Waals surface area contributed by atoms with Gasteiger partial charge in [-0.25, -0.2) is 4.39 Å². The number of thiophene rings is 1. The van der Waals surface area contributed by atoms with Crippen molar-refractivity contribution in [3.8, 4) is 0 Å². The van der Waals surface area contributed by atoms with Crippen LogP contribution in [0, 0.1) is 19.7 Å². The van der Waals surface area contributed by atoms with Crippen molar-refractivity contribution in [1.29, 1.82) is 0 Å². The molecule has 20 heavy (non-hydrogen) atoms. The second-order valence-electron chi connectivity index (χ2n) is 4.96. The normalized spacial score (nSPS) is 12.7. The molecule has 0 aliphatic carbocycles. The van der Waals surface area contributed by atoms with Crippen molar-refractivity contribution in [3.63, 3.8) is 0 Å². The second kappa shape index (κ2) is 6.83. The Bertz CT molecular complexity index is 594. The van der Waals surface area contributed by atoms with E-state index in [0.29, 0.717) is 5.56 Å². The third kappa shape index (κ3) is 3.48. The molecule has 0 amide bonds. The van der Waals surface area contributed by atoms with Crippen molar-refractivity contribution in [2.24, 2.45) is 0 Å². The monoisotopic (exact) mass is 355 g/mol. The molecule has 0 aliphatic heterocycles. The average Bonchev–Trinajstić information content (AvgIpc) is 2.73. The molecule has 1 unspecified atom stereocenters. The SMILES string of the molecule is CCCNC(c1cc(Br)ccc1F)c1sc(C)cc1C. The van der Waals surface area contributed by atoms with Crippen LogP contribution in [0.3, 0.4) is 0 Å². The molecule has 108 valence electrons. The van der Waals surface area contributed by atoms with E-state index in [4.69, 9.17) is 0 Å². The van der Waals surface area contributed by atoms with Gasteiger partial charge in [0.15, 0.2) is 0 Å². The fourth-order valence-electron chi connectivity index (χ4n) is 2.31. The summed E-state index contributed by atoms with van der Waals surface area (Å²) in [5.74, 6) is -0.160. The van der Waals surface area contributed by atoms with Crippen LogP contribution >= 0.6 is 27.3 Å². The lowest BCUT2D eigenvalue weighted by Gasteiger charge is -2.20. The molecule has 0 fully saturated rings. The smallest absolute Gasteiger partial charge is 0.128 e. The Kier molecular flexibility index (Phi) is 5.35. The molecule has 1 N–H and O–H groups in total. The summed E-state index contributed by atoms with van der Waals surface area (Å²) in [5, 5.41) is 3.47. The molecule has 1 heterocycles. The molecule has 1 aromatic heterocycles. The molecule has 0 bridgehead atoms. The van der Waals surface area contributed by atoms with Crippen LogP contribution in [0.25, 0.3) is 0 Å². The maximum atomic E-state index is 14.2. The van der Waals surface area contributed by atoms with E-state index >= 15 is 0 Å². The van der Waals surface area contributed by atoms with Crippen molar-refractivity contribution < 1.29 is 4.39 Å². The summed E-state index contributed by atoms with van der Waals surface area (Å²) >= 11 is 5.18. The zero-order chi connectivity index (χ0) is 14.7. The van der Waals surface area contributed by atoms with Gasteiger partial charge in [-0.3, -0.25) is 0 Å². The molecular formula is C16H19BrFNS. The number of benzene rings is 1. The minimum absolute atomic E-state index is 0.0776. The predicted octanol–water partition coefficient (Wildman–Crippen LogP) is 5.36. The molecule has 1 nitrogen and oxygen atoms in total. The van der Waals surface area contributed by atoms with Crippen LogP contribution in [-0.4, -0.2) is 6.54 Å². The molecule has 0 saturated heterocycles. The van der Waals surface area contributed by atoms with Crippen molar-refractivity contribution in [1.82, 2.24) is 5.32 Å². The van der Waals surface area contributed by atoms with Gasteiger partial charge >= 0.3 is 0 Å². The molecule has 1 aromatic carbocycles. The quantitative estimate of drug-likeness (QED) is 0.761. The fraction of sp³-hybridized carbons (Fsp3) is 0.375. The molecule has 0 spiro atoms. The van der Waals surface area contributed by atoms with Crippen molar-refractivity contribution >= 4 is 27.3 Å². The van der Waals surface area contributed by atoms with E-state index in [1.54, 1.807) is 17.4 Å². The highest BCUT2D eigenvalue weighted by Gasteiger charge is 2.21. The minimum atomic E-state index is -0.160. The number of hydrogen-bond acceptors (Lipinski definition) is 2. The van der Waals surface area contributed by atoms with E-state index < -0.39 is 0 Å². The number of rotatable bonds is 5. The third-order valence-electron chi connectivity index (χ3n) is 3.21. The maximum Gasteiger partial charge on any atom is 0.128 e. The van der Waals surface area contributed by atoms with E-state index in [0.717, 1.165) is 17.4 Å². The summed E-state index contributed by atoms with van der Waals surface area (Å²) in [5.41, 5.74) is 1.93. The van der Waals surface area contributed by atoms with Gasteiger partial charge in [0.2, 0.25) is 0 Å². The highest BCUT2D eigenvalue weighted by molar-refractivity contribution is 9.10. The molecular weight excluding hydrogens is 337 g/mol. The van der Waals surface area contributed by atoms with Crippen LogP contribution < -0.4 is 5.32 Å². The van der Waals surface area contributed by atoms with Crippen molar-refractivity contribution in [2.45, 2.75) is 33.2 Å². The Morgan fingerprint density at radius 3 is 2.65 bits per heavy atom. The maximum absolute atomic E-state index is 14.2. The largest absolute Gasteiger partial charge is 0.305 e. The molecule has 1 atom stereocenters. The van der Waals surface area contributed by atoms with Gasteiger partial charge in [-0.1, -0.05) is 22.9 Å². The summed E-state index contributed by atoms with van der Waals surface area (Å²) in [6, 6.07) is 7.22. The average molecular weight is 356 g/mol. The zero-order valence-corrected chi connectivity index (χ0v) is 14.4. The molecule has 4 heteroatoms. The van der Waals surface area contributed by atoms with E-state index in [1.807, 2.05) is 6.07 Å². The topological polar surface area (TPSA) is 12.0 Å².